The fraction of sp³-hybridized carbons (Fsp3) is 0.444. The van der Waals surface area contributed by atoms with Crippen molar-refractivity contribution in [2.75, 3.05) is 7.11 Å². The Kier molecular flexibility index (Phi) is 7.32. The lowest BCUT2D eigenvalue weighted by atomic mass is 10.1. The zero-order valence-electron chi connectivity index (χ0n) is 14.2. The summed E-state index contributed by atoms with van der Waals surface area (Å²) in [6.07, 6.45) is 4.38. The van der Waals surface area contributed by atoms with Crippen molar-refractivity contribution >= 4 is 18.1 Å². The number of methoxy groups -OCH3 is 1. The van der Waals surface area contributed by atoms with E-state index >= 15 is 0 Å². The van der Waals surface area contributed by atoms with Crippen LogP contribution >= 0.6 is 0 Å². The Morgan fingerprint density at radius 3 is 2.43 bits per heavy atom. The van der Waals surface area contributed by atoms with Crippen molar-refractivity contribution in [3.63, 3.8) is 0 Å². The van der Waals surface area contributed by atoms with Crippen LogP contribution in [0, 0.1) is 0 Å². The van der Waals surface area contributed by atoms with Gasteiger partial charge in [0.2, 0.25) is 0 Å². The van der Waals surface area contributed by atoms with Crippen LogP contribution in [0.3, 0.4) is 0 Å². The Balaban J connectivity index is 2.53. The van der Waals surface area contributed by atoms with Gasteiger partial charge in [-0.15, -0.1) is 0 Å². The Morgan fingerprint density at radius 2 is 1.87 bits per heavy atom. The molecule has 0 fully saturated rings. The van der Waals surface area contributed by atoms with Crippen LogP contribution in [-0.2, 0) is 14.3 Å². The van der Waals surface area contributed by atoms with E-state index in [1.165, 1.54) is 7.11 Å². The molecule has 0 aliphatic rings. The van der Waals surface area contributed by atoms with E-state index in [0.717, 1.165) is 5.56 Å². The molecule has 0 aliphatic heterocycles. The number of nitrogens with one attached hydrogen (secondary N) is 1. The highest BCUT2D eigenvalue weighted by molar-refractivity contribution is 5.81. The molecule has 1 aromatic rings. The van der Waals surface area contributed by atoms with E-state index in [9.17, 15) is 9.59 Å². The second-order valence-electron chi connectivity index (χ2n) is 6.11. The number of carbonyl (C=O) groups is 2. The fourth-order valence-electron chi connectivity index (χ4n) is 1.89. The maximum absolute atomic E-state index is 11.8. The van der Waals surface area contributed by atoms with Gasteiger partial charge >= 0.3 is 12.1 Å². The van der Waals surface area contributed by atoms with Crippen LogP contribution in [0.2, 0.25) is 0 Å². The largest absolute Gasteiger partial charge is 0.467 e. The van der Waals surface area contributed by atoms with Crippen molar-refractivity contribution in [1.29, 1.82) is 0 Å². The van der Waals surface area contributed by atoms with Gasteiger partial charge in [0.05, 0.1) is 7.11 Å². The summed E-state index contributed by atoms with van der Waals surface area (Å²) in [5, 5.41) is 2.55. The average Bonchev–Trinajstić information content (AvgIpc) is 2.48. The summed E-state index contributed by atoms with van der Waals surface area (Å²) in [4.78, 5) is 23.5. The van der Waals surface area contributed by atoms with Crippen LogP contribution in [0.25, 0.3) is 6.08 Å². The van der Waals surface area contributed by atoms with Gasteiger partial charge < -0.3 is 14.8 Å². The summed E-state index contributed by atoms with van der Waals surface area (Å²) in [6, 6.07) is 9.13. The van der Waals surface area contributed by atoms with Crippen LogP contribution in [0.4, 0.5) is 4.79 Å². The number of hydrogen-bond acceptors (Lipinski definition) is 4. The molecule has 1 rings (SSSR count). The number of esters is 1. The topological polar surface area (TPSA) is 64.6 Å². The monoisotopic (exact) mass is 319 g/mol. The molecule has 0 saturated carbocycles. The van der Waals surface area contributed by atoms with E-state index in [-0.39, 0.29) is 0 Å². The van der Waals surface area contributed by atoms with Crippen LogP contribution in [0.5, 0.6) is 0 Å². The van der Waals surface area contributed by atoms with E-state index in [2.05, 4.69) is 5.32 Å². The molecule has 23 heavy (non-hydrogen) atoms. The molecule has 1 aromatic carbocycles. The highest BCUT2D eigenvalue weighted by atomic mass is 16.6. The molecular formula is C18H25NO4. The van der Waals surface area contributed by atoms with Crippen LogP contribution in [0.1, 0.15) is 39.2 Å². The van der Waals surface area contributed by atoms with Gasteiger partial charge in [-0.2, -0.15) is 0 Å². The van der Waals surface area contributed by atoms with Crippen molar-refractivity contribution < 1.29 is 19.1 Å². The van der Waals surface area contributed by atoms with Gasteiger partial charge in [-0.05, 0) is 39.2 Å². The highest BCUT2D eigenvalue weighted by Crippen LogP contribution is 2.09. The lowest BCUT2D eigenvalue weighted by Gasteiger charge is -2.22. The first kappa shape index (κ1) is 18.7. The lowest BCUT2D eigenvalue weighted by Crippen LogP contribution is -2.43. The van der Waals surface area contributed by atoms with E-state index in [1.54, 1.807) is 20.8 Å². The highest BCUT2D eigenvalue weighted by Gasteiger charge is 2.24. The molecule has 1 unspecified atom stereocenters. The molecule has 1 N–H and O–H groups in total. The number of benzene rings is 1. The summed E-state index contributed by atoms with van der Waals surface area (Å²) in [5.41, 5.74) is 0.472. The predicted octanol–water partition coefficient (Wildman–Crippen LogP) is 3.55. The number of rotatable bonds is 6. The lowest BCUT2D eigenvalue weighted by molar-refractivity contribution is -0.143. The van der Waals surface area contributed by atoms with E-state index in [1.807, 2.05) is 42.5 Å². The molecule has 1 amide bonds. The molecule has 0 aliphatic carbocycles. The third kappa shape index (κ3) is 8.04. The zero-order chi connectivity index (χ0) is 17.3. The van der Waals surface area contributed by atoms with Crippen LogP contribution in [-0.4, -0.2) is 30.8 Å². The molecule has 5 heteroatoms. The molecule has 0 aromatic heterocycles. The predicted molar refractivity (Wildman–Crippen MR) is 89.9 cm³/mol. The molecule has 126 valence electrons. The number of carbonyl (C=O) groups excluding carboxylic acids is 2. The minimum Gasteiger partial charge on any atom is -0.467 e. The minimum atomic E-state index is -0.727. The van der Waals surface area contributed by atoms with Gasteiger partial charge in [0.1, 0.15) is 11.6 Å². The standard InChI is InChI=1S/C18H25NO4/c1-18(2,3)23-17(21)19-15(16(20)22-4)13-9-8-12-14-10-6-5-7-11-14/h5-8,10-12,15H,9,13H2,1-4H3,(H,19,21)/b12-8+. The molecule has 0 spiro atoms. The number of ether oxygens (including phenoxy) is 2. The molecule has 0 saturated heterocycles. The number of allylic oxidation sites excluding steroid dienone is 1. The Labute approximate surface area is 137 Å². The van der Waals surface area contributed by atoms with Gasteiger partial charge in [-0.1, -0.05) is 42.5 Å². The first-order chi connectivity index (χ1) is 10.8. The Bertz CT molecular complexity index is 532. The van der Waals surface area contributed by atoms with Crippen LogP contribution < -0.4 is 5.32 Å². The smallest absolute Gasteiger partial charge is 0.408 e. The van der Waals surface area contributed by atoms with Crippen molar-refractivity contribution in [3.05, 3.63) is 42.0 Å². The summed E-state index contributed by atoms with van der Waals surface area (Å²) in [6.45, 7) is 5.30. The maximum atomic E-state index is 11.8. The van der Waals surface area contributed by atoms with Gasteiger partial charge in [0.25, 0.3) is 0 Å². The second-order valence-corrected chi connectivity index (χ2v) is 6.11. The molecule has 1 atom stereocenters. The van der Waals surface area contributed by atoms with E-state index in [0.29, 0.717) is 12.8 Å². The van der Waals surface area contributed by atoms with E-state index < -0.39 is 23.7 Å². The molecule has 0 radical (unpaired) electrons. The summed E-state index contributed by atoms with van der Waals surface area (Å²) >= 11 is 0. The van der Waals surface area contributed by atoms with Crippen molar-refractivity contribution in [2.45, 2.75) is 45.3 Å². The quantitative estimate of drug-likeness (QED) is 0.814. The van der Waals surface area contributed by atoms with Crippen molar-refractivity contribution in [1.82, 2.24) is 5.32 Å². The third-order valence-corrected chi connectivity index (χ3v) is 2.91. The number of amides is 1. The average molecular weight is 319 g/mol. The molecular weight excluding hydrogens is 294 g/mol. The van der Waals surface area contributed by atoms with E-state index in [4.69, 9.17) is 9.47 Å². The minimum absolute atomic E-state index is 0.440. The van der Waals surface area contributed by atoms with Gasteiger partial charge in [-0.25, -0.2) is 9.59 Å². The third-order valence-electron chi connectivity index (χ3n) is 2.91. The van der Waals surface area contributed by atoms with Gasteiger partial charge in [0, 0.05) is 0 Å². The summed E-state index contributed by atoms with van der Waals surface area (Å²) < 4.78 is 9.89. The molecule has 0 heterocycles. The second kappa shape index (κ2) is 8.98. The summed E-state index contributed by atoms with van der Waals surface area (Å²) in [7, 11) is 1.30. The van der Waals surface area contributed by atoms with Crippen molar-refractivity contribution in [2.24, 2.45) is 0 Å². The first-order valence-electron chi connectivity index (χ1n) is 7.61. The number of hydrogen-bond donors (Lipinski definition) is 1. The zero-order valence-corrected chi connectivity index (χ0v) is 14.2. The van der Waals surface area contributed by atoms with Crippen molar-refractivity contribution in [3.8, 4) is 0 Å². The normalized spacial score (nSPS) is 12.7. The number of alkyl carbamates (subject to hydrolysis) is 1. The summed E-state index contributed by atoms with van der Waals surface area (Å²) in [5.74, 6) is -0.482. The van der Waals surface area contributed by atoms with Crippen LogP contribution in [0.15, 0.2) is 36.4 Å². The molecule has 5 nitrogen and oxygen atoms in total. The SMILES string of the molecule is COC(=O)C(CC/C=C/c1ccccc1)NC(=O)OC(C)(C)C. The first-order valence-corrected chi connectivity index (χ1v) is 7.61. The Hall–Kier alpha value is -2.30. The molecule has 0 bridgehead atoms. The fourth-order valence-corrected chi connectivity index (χ4v) is 1.89. The van der Waals surface area contributed by atoms with Gasteiger partial charge in [-0.3, -0.25) is 0 Å². The maximum Gasteiger partial charge on any atom is 0.408 e. The van der Waals surface area contributed by atoms with Gasteiger partial charge in [0.15, 0.2) is 0 Å². The Morgan fingerprint density at radius 1 is 1.22 bits per heavy atom.